The van der Waals surface area contributed by atoms with Crippen LogP contribution in [0, 0.1) is 0 Å². The number of carbonyl (C=O) groups is 1. The molecule has 11 heavy (non-hydrogen) atoms. The van der Waals surface area contributed by atoms with Gasteiger partial charge in [0.05, 0.1) is 0 Å². The summed E-state index contributed by atoms with van der Waals surface area (Å²) in [5, 5.41) is 11.5. The third-order valence-corrected chi connectivity index (χ3v) is 1.81. The highest BCUT2D eigenvalue weighted by Crippen LogP contribution is 1.90. The van der Waals surface area contributed by atoms with E-state index < -0.39 is 5.97 Å². The van der Waals surface area contributed by atoms with Crippen LogP contribution in [-0.2, 0) is 4.79 Å². The molecule has 6 heteroatoms. The summed E-state index contributed by atoms with van der Waals surface area (Å²) in [6.07, 6.45) is 0. The average molecular weight is 194 g/mol. The number of carboxylic acid groups (broad SMARTS) is 1. The van der Waals surface area contributed by atoms with Gasteiger partial charge in [-0.15, -0.1) is 0 Å². The summed E-state index contributed by atoms with van der Waals surface area (Å²) in [6, 6.07) is 0. The van der Waals surface area contributed by atoms with Crippen LogP contribution in [0.4, 0.5) is 0 Å². The van der Waals surface area contributed by atoms with Crippen molar-refractivity contribution in [3.05, 3.63) is 0 Å². The fraction of sp³-hybridized carbons (Fsp3) is 0.600. The topological polar surface area (TPSA) is 61.4 Å². The van der Waals surface area contributed by atoms with Crippen LogP contribution in [0.15, 0.2) is 0 Å². The van der Waals surface area contributed by atoms with Gasteiger partial charge in [0.1, 0.15) is 5.75 Å². The molecule has 0 aromatic rings. The first kappa shape index (κ1) is 10.5. The van der Waals surface area contributed by atoms with Gasteiger partial charge in [-0.25, -0.2) is 0 Å². The Balaban J connectivity index is 3.24. The highest BCUT2D eigenvalue weighted by Gasteiger charge is 1.97. The van der Waals surface area contributed by atoms with E-state index in [2.05, 4.69) is 10.0 Å². The second kappa shape index (κ2) is 6.23. The molecule has 0 fully saturated rings. The van der Waals surface area contributed by atoms with Gasteiger partial charge >= 0.3 is 5.97 Å². The maximum absolute atomic E-state index is 10.0. The Bertz CT molecular complexity index is 151. The quantitative estimate of drug-likeness (QED) is 0.439. The van der Waals surface area contributed by atoms with Gasteiger partial charge in [0.2, 0.25) is 0 Å². The number of nitrogens with one attached hydrogen (secondary N) is 2. The SMILES string of the molecule is CCNC(=S)NSCC(=O)O. The lowest BCUT2D eigenvalue weighted by Gasteiger charge is -2.05. The first-order chi connectivity index (χ1) is 5.16. The summed E-state index contributed by atoms with van der Waals surface area (Å²) >= 11 is 5.83. The number of carboxylic acids is 1. The van der Waals surface area contributed by atoms with Crippen molar-refractivity contribution in [1.29, 1.82) is 0 Å². The molecule has 0 aliphatic heterocycles. The molecule has 0 radical (unpaired) electrons. The third-order valence-electron chi connectivity index (χ3n) is 0.698. The van der Waals surface area contributed by atoms with E-state index in [1.165, 1.54) is 0 Å². The largest absolute Gasteiger partial charge is 0.481 e. The molecule has 0 unspecified atom stereocenters. The summed E-state index contributed by atoms with van der Waals surface area (Å²) in [5.74, 6) is -0.854. The van der Waals surface area contributed by atoms with Crippen LogP contribution < -0.4 is 10.0 Å². The first-order valence-corrected chi connectivity index (χ1v) is 4.43. The molecule has 0 atom stereocenters. The van der Waals surface area contributed by atoms with E-state index in [0.29, 0.717) is 5.11 Å². The van der Waals surface area contributed by atoms with E-state index in [0.717, 1.165) is 18.5 Å². The first-order valence-electron chi connectivity index (χ1n) is 3.04. The lowest BCUT2D eigenvalue weighted by atomic mass is 10.8. The molecular formula is C5H10N2O2S2. The van der Waals surface area contributed by atoms with Crippen LogP contribution in [0.3, 0.4) is 0 Å². The Morgan fingerprint density at radius 3 is 2.82 bits per heavy atom. The number of aliphatic carboxylic acids is 1. The summed E-state index contributed by atoms with van der Waals surface area (Å²) in [5.41, 5.74) is 0. The maximum atomic E-state index is 10.0. The highest BCUT2D eigenvalue weighted by atomic mass is 32.2. The molecule has 0 amide bonds. The van der Waals surface area contributed by atoms with Crippen LogP contribution >= 0.6 is 24.2 Å². The van der Waals surface area contributed by atoms with Crippen molar-refractivity contribution in [2.75, 3.05) is 12.3 Å². The van der Waals surface area contributed by atoms with Crippen molar-refractivity contribution in [3.63, 3.8) is 0 Å². The Hall–Kier alpha value is -0.490. The minimum atomic E-state index is -0.859. The molecule has 4 nitrogen and oxygen atoms in total. The number of hydrogen-bond donors (Lipinski definition) is 3. The normalized spacial score (nSPS) is 8.82. The molecule has 0 heterocycles. The molecule has 0 bridgehead atoms. The summed E-state index contributed by atoms with van der Waals surface area (Å²) in [6.45, 7) is 2.65. The number of hydrogen-bond acceptors (Lipinski definition) is 3. The summed E-state index contributed by atoms with van der Waals surface area (Å²) in [7, 11) is 0. The van der Waals surface area contributed by atoms with Crippen molar-refractivity contribution >= 4 is 35.2 Å². The van der Waals surface area contributed by atoms with Gasteiger partial charge in [0, 0.05) is 6.54 Å². The van der Waals surface area contributed by atoms with Gasteiger partial charge < -0.3 is 15.1 Å². The molecule has 0 aliphatic rings. The van der Waals surface area contributed by atoms with Crippen molar-refractivity contribution in [2.24, 2.45) is 0 Å². The number of thiocarbonyl (C=S) groups is 1. The number of rotatable bonds is 4. The zero-order chi connectivity index (χ0) is 8.69. The van der Waals surface area contributed by atoms with Gasteiger partial charge in [-0.1, -0.05) is 0 Å². The smallest absolute Gasteiger partial charge is 0.315 e. The predicted octanol–water partition coefficient (Wildman–Crippen LogP) is 0.203. The fourth-order valence-corrected chi connectivity index (χ4v) is 1.08. The molecule has 0 aliphatic carbocycles. The van der Waals surface area contributed by atoms with Gasteiger partial charge in [-0.3, -0.25) is 4.79 Å². The van der Waals surface area contributed by atoms with Crippen molar-refractivity contribution in [1.82, 2.24) is 10.0 Å². The van der Waals surface area contributed by atoms with Gasteiger partial charge in [0.25, 0.3) is 0 Å². The Morgan fingerprint density at radius 1 is 1.73 bits per heavy atom. The lowest BCUT2D eigenvalue weighted by molar-refractivity contribution is -0.133. The van der Waals surface area contributed by atoms with Gasteiger partial charge in [-0.2, -0.15) is 0 Å². The third kappa shape index (κ3) is 7.41. The Kier molecular flexibility index (Phi) is 5.96. The molecule has 0 saturated heterocycles. The van der Waals surface area contributed by atoms with Gasteiger partial charge in [0.15, 0.2) is 5.11 Å². The maximum Gasteiger partial charge on any atom is 0.315 e. The molecule has 0 rings (SSSR count). The molecule has 0 saturated carbocycles. The van der Waals surface area contributed by atoms with Crippen molar-refractivity contribution in [3.8, 4) is 0 Å². The monoisotopic (exact) mass is 194 g/mol. The second-order valence-electron chi connectivity index (χ2n) is 1.64. The zero-order valence-corrected chi connectivity index (χ0v) is 7.72. The summed E-state index contributed by atoms with van der Waals surface area (Å²) in [4.78, 5) is 10.0. The van der Waals surface area contributed by atoms with E-state index in [9.17, 15) is 4.79 Å². The van der Waals surface area contributed by atoms with Crippen LogP contribution in [-0.4, -0.2) is 28.5 Å². The molecule has 3 N–H and O–H groups in total. The molecule has 64 valence electrons. The Labute approximate surface area is 74.9 Å². The van der Waals surface area contributed by atoms with Gasteiger partial charge in [-0.05, 0) is 31.1 Å². The van der Waals surface area contributed by atoms with E-state index in [1.54, 1.807) is 0 Å². The standard InChI is InChI=1S/C5H10N2O2S2/c1-2-6-5(10)7-11-3-4(8)9/h2-3H2,1H3,(H,8,9)(H2,6,7,10). The lowest BCUT2D eigenvalue weighted by Crippen LogP contribution is -2.31. The second-order valence-corrected chi connectivity index (χ2v) is 2.83. The average Bonchev–Trinajstić information content (AvgIpc) is 1.87. The van der Waals surface area contributed by atoms with E-state index >= 15 is 0 Å². The van der Waals surface area contributed by atoms with E-state index in [-0.39, 0.29) is 5.75 Å². The van der Waals surface area contributed by atoms with Crippen molar-refractivity contribution in [2.45, 2.75) is 6.92 Å². The molecular weight excluding hydrogens is 184 g/mol. The highest BCUT2D eigenvalue weighted by molar-refractivity contribution is 7.99. The minimum Gasteiger partial charge on any atom is -0.481 e. The van der Waals surface area contributed by atoms with Crippen LogP contribution in [0.25, 0.3) is 0 Å². The molecule has 0 aromatic heterocycles. The van der Waals surface area contributed by atoms with Crippen LogP contribution in [0.1, 0.15) is 6.92 Å². The molecule has 0 aromatic carbocycles. The van der Waals surface area contributed by atoms with E-state index in [4.69, 9.17) is 17.3 Å². The summed E-state index contributed by atoms with van der Waals surface area (Å²) < 4.78 is 2.67. The van der Waals surface area contributed by atoms with Crippen LogP contribution in [0.2, 0.25) is 0 Å². The Morgan fingerprint density at radius 2 is 2.36 bits per heavy atom. The van der Waals surface area contributed by atoms with Crippen LogP contribution in [0.5, 0.6) is 0 Å². The van der Waals surface area contributed by atoms with E-state index in [1.807, 2.05) is 6.92 Å². The van der Waals surface area contributed by atoms with Crippen molar-refractivity contribution < 1.29 is 9.90 Å². The zero-order valence-electron chi connectivity index (χ0n) is 6.09. The fourth-order valence-electron chi connectivity index (χ4n) is 0.360. The molecule has 0 spiro atoms. The predicted molar refractivity (Wildman–Crippen MR) is 49.5 cm³/mol. The minimum absolute atomic E-state index is 0.00549.